The van der Waals surface area contributed by atoms with Gasteiger partial charge in [-0.2, -0.15) is 0 Å². The SMILES string of the molecule is CCOC(=O)C(C)OC(=O)OC(C)C(=O)OCC. The van der Waals surface area contributed by atoms with Crippen molar-refractivity contribution in [1.29, 1.82) is 0 Å². The van der Waals surface area contributed by atoms with Gasteiger partial charge >= 0.3 is 18.1 Å². The molecule has 0 aliphatic heterocycles. The van der Waals surface area contributed by atoms with Crippen LogP contribution in [0.15, 0.2) is 0 Å². The second-order valence-corrected chi connectivity index (χ2v) is 3.27. The Kier molecular flexibility index (Phi) is 7.50. The molecule has 0 saturated carbocycles. The van der Waals surface area contributed by atoms with Gasteiger partial charge in [0.2, 0.25) is 0 Å². The Morgan fingerprint density at radius 3 is 1.44 bits per heavy atom. The van der Waals surface area contributed by atoms with Crippen LogP contribution in [-0.2, 0) is 28.5 Å². The van der Waals surface area contributed by atoms with Gasteiger partial charge in [-0.1, -0.05) is 0 Å². The molecule has 18 heavy (non-hydrogen) atoms. The number of carbonyl (C=O) groups excluding carboxylic acids is 3. The average Bonchev–Trinajstić information content (AvgIpc) is 2.29. The van der Waals surface area contributed by atoms with E-state index in [1.54, 1.807) is 13.8 Å². The molecular formula is C11H18O7. The first kappa shape index (κ1) is 16.2. The molecule has 0 saturated heterocycles. The number of carbonyl (C=O) groups is 3. The van der Waals surface area contributed by atoms with E-state index >= 15 is 0 Å². The summed E-state index contributed by atoms with van der Waals surface area (Å²) in [5, 5.41) is 0. The Morgan fingerprint density at radius 2 is 1.17 bits per heavy atom. The van der Waals surface area contributed by atoms with Crippen molar-refractivity contribution in [1.82, 2.24) is 0 Å². The molecule has 7 heteroatoms. The van der Waals surface area contributed by atoms with Gasteiger partial charge in [-0.15, -0.1) is 0 Å². The second-order valence-electron chi connectivity index (χ2n) is 3.27. The number of hydrogen-bond acceptors (Lipinski definition) is 7. The summed E-state index contributed by atoms with van der Waals surface area (Å²) in [7, 11) is 0. The maximum Gasteiger partial charge on any atom is 0.509 e. The van der Waals surface area contributed by atoms with Crippen molar-refractivity contribution >= 4 is 18.1 Å². The average molecular weight is 262 g/mol. The van der Waals surface area contributed by atoms with Crippen LogP contribution in [0.2, 0.25) is 0 Å². The third-order valence-corrected chi connectivity index (χ3v) is 1.78. The molecule has 7 nitrogen and oxygen atoms in total. The molecular weight excluding hydrogens is 244 g/mol. The van der Waals surface area contributed by atoms with E-state index < -0.39 is 30.3 Å². The van der Waals surface area contributed by atoms with Gasteiger partial charge in [0.05, 0.1) is 13.2 Å². The zero-order chi connectivity index (χ0) is 14.1. The summed E-state index contributed by atoms with van der Waals surface area (Å²) in [5.41, 5.74) is 0. The molecule has 0 aliphatic rings. The van der Waals surface area contributed by atoms with Crippen molar-refractivity contribution < 1.29 is 33.3 Å². The Bertz CT molecular complexity index is 272. The minimum absolute atomic E-state index is 0.181. The lowest BCUT2D eigenvalue weighted by Gasteiger charge is -2.14. The minimum Gasteiger partial charge on any atom is -0.463 e. The minimum atomic E-state index is -1.13. The fraction of sp³-hybridized carbons (Fsp3) is 0.727. The van der Waals surface area contributed by atoms with Crippen LogP contribution >= 0.6 is 0 Å². The highest BCUT2D eigenvalue weighted by atomic mass is 16.7. The van der Waals surface area contributed by atoms with E-state index in [0.29, 0.717) is 0 Å². The largest absolute Gasteiger partial charge is 0.509 e. The molecule has 0 spiro atoms. The lowest BCUT2D eigenvalue weighted by molar-refractivity contribution is -0.157. The van der Waals surface area contributed by atoms with Crippen molar-refractivity contribution in [3.63, 3.8) is 0 Å². The molecule has 0 fully saturated rings. The predicted molar refractivity (Wildman–Crippen MR) is 59.8 cm³/mol. The Balaban J connectivity index is 4.10. The van der Waals surface area contributed by atoms with Gasteiger partial charge in [-0.25, -0.2) is 14.4 Å². The summed E-state index contributed by atoms with van der Waals surface area (Å²) in [4.78, 5) is 33.5. The van der Waals surface area contributed by atoms with Gasteiger partial charge in [-0.3, -0.25) is 0 Å². The lowest BCUT2D eigenvalue weighted by Crippen LogP contribution is -2.31. The van der Waals surface area contributed by atoms with Crippen LogP contribution in [0.25, 0.3) is 0 Å². The van der Waals surface area contributed by atoms with E-state index in [1.807, 2.05) is 0 Å². The van der Waals surface area contributed by atoms with Crippen molar-refractivity contribution in [2.45, 2.75) is 39.9 Å². The molecule has 2 atom stereocenters. The van der Waals surface area contributed by atoms with Crippen LogP contribution in [-0.4, -0.2) is 43.5 Å². The molecule has 0 aromatic heterocycles. The Hall–Kier alpha value is -1.79. The smallest absolute Gasteiger partial charge is 0.463 e. The molecule has 0 aliphatic carbocycles. The first-order chi connectivity index (χ1) is 8.42. The van der Waals surface area contributed by atoms with E-state index in [9.17, 15) is 14.4 Å². The highest BCUT2D eigenvalue weighted by Gasteiger charge is 2.24. The molecule has 0 radical (unpaired) electrons. The van der Waals surface area contributed by atoms with Crippen molar-refractivity contribution in [3.8, 4) is 0 Å². The normalized spacial score (nSPS) is 13.1. The van der Waals surface area contributed by atoms with Gasteiger partial charge in [-0.05, 0) is 27.7 Å². The van der Waals surface area contributed by atoms with Crippen molar-refractivity contribution in [2.24, 2.45) is 0 Å². The summed E-state index contributed by atoms with van der Waals surface area (Å²) in [6.07, 6.45) is -3.31. The Labute approximate surface area is 105 Å². The molecule has 0 bridgehead atoms. The zero-order valence-corrected chi connectivity index (χ0v) is 10.9. The summed E-state index contributed by atoms with van der Waals surface area (Å²) in [6, 6.07) is 0. The quantitative estimate of drug-likeness (QED) is 0.522. The first-order valence-corrected chi connectivity index (χ1v) is 5.62. The predicted octanol–water partition coefficient (Wildman–Crippen LogP) is 1.04. The van der Waals surface area contributed by atoms with E-state index in [2.05, 4.69) is 18.9 Å². The monoisotopic (exact) mass is 262 g/mol. The van der Waals surface area contributed by atoms with E-state index in [0.717, 1.165) is 0 Å². The third-order valence-electron chi connectivity index (χ3n) is 1.78. The fourth-order valence-corrected chi connectivity index (χ4v) is 0.932. The molecule has 0 aromatic carbocycles. The second kappa shape index (κ2) is 8.32. The lowest BCUT2D eigenvalue weighted by atomic mass is 10.4. The van der Waals surface area contributed by atoms with E-state index in [1.165, 1.54) is 13.8 Å². The van der Waals surface area contributed by atoms with Gasteiger partial charge in [0.1, 0.15) is 0 Å². The van der Waals surface area contributed by atoms with Crippen LogP contribution in [0.1, 0.15) is 27.7 Å². The number of hydrogen-bond donors (Lipinski definition) is 0. The molecule has 0 rings (SSSR count). The number of esters is 2. The van der Waals surface area contributed by atoms with Crippen molar-refractivity contribution in [3.05, 3.63) is 0 Å². The summed E-state index contributed by atoms with van der Waals surface area (Å²) in [5.74, 6) is -1.36. The number of rotatable bonds is 6. The van der Waals surface area contributed by atoms with Gasteiger partial charge in [0, 0.05) is 0 Å². The van der Waals surface area contributed by atoms with Gasteiger partial charge in [0.25, 0.3) is 0 Å². The van der Waals surface area contributed by atoms with Gasteiger partial charge < -0.3 is 18.9 Å². The van der Waals surface area contributed by atoms with Crippen LogP contribution in [0.5, 0.6) is 0 Å². The molecule has 0 amide bonds. The highest BCUT2D eigenvalue weighted by Crippen LogP contribution is 2.02. The van der Waals surface area contributed by atoms with Gasteiger partial charge in [0.15, 0.2) is 12.2 Å². The highest BCUT2D eigenvalue weighted by molar-refractivity contribution is 5.79. The first-order valence-electron chi connectivity index (χ1n) is 5.62. The Morgan fingerprint density at radius 1 is 0.833 bits per heavy atom. The molecule has 104 valence electrons. The number of ether oxygens (including phenoxy) is 4. The third kappa shape index (κ3) is 6.07. The maximum absolute atomic E-state index is 11.2. The summed E-state index contributed by atoms with van der Waals surface area (Å²) in [6.45, 7) is 6.31. The zero-order valence-electron chi connectivity index (χ0n) is 10.9. The van der Waals surface area contributed by atoms with Crippen LogP contribution in [0.3, 0.4) is 0 Å². The van der Waals surface area contributed by atoms with Crippen molar-refractivity contribution in [2.75, 3.05) is 13.2 Å². The summed E-state index contributed by atoms with van der Waals surface area (Å²) < 4.78 is 18.5. The fourth-order valence-electron chi connectivity index (χ4n) is 0.932. The molecule has 0 N–H and O–H groups in total. The molecule has 0 aromatic rings. The van der Waals surface area contributed by atoms with Crippen LogP contribution in [0, 0.1) is 0 Å². The topological polar surface area (TPSA) is 88.1 Å². The molecule has 2 unspecified atom stereocenters. The van der Waals surface area contributed by atoms with E-state index in [4.69, 9.17) is 0 Å². The standard InChI is InChI=1S/C11H18O7/c1-5-15-9(12)7(3)17-11(14)18-8(4)10(13)16-6-2/h7-8H,5-6H2,1-4H3. The van der Waals surface area contributed by atoms with Crippen LogP contribution < -0.4 is 0 Å². The molecule has 0 heterocycles. The maximum atomic E-state index is 11.2. The van der Waals surface area contributed by atoms with Crippen LogP contribution in [0.4, 0.5) is 4.79 Å². The van der Waals surface area contributed by atoms with E-state index in [-0.39, 0.29) is 13.2 Å². The summed E-state index contributed by atoms with van der Waals surface area (Å²) >= 11 is 0.